The Labute approximate surface area is 165 Å². The summed E-state index contributed by atoms with van der Waals surface area (Å²) in [5.74, 6) is 0.145. The molecule has 7 heteroatoms. The van der Waals surface area contributed by atoms with Crippen LogP contribution in [0, 0.1) is 0 Å². The number of fused-ring (bicyclic) bond motifs is 2. The summed E-state index contributed by atoms with van der Waals surface area (Å²) in [5.41, 5.74) is 1.73. The molecule has 2 aromatic carbocycles. The minimum absolute atomic E-state index is 0.0584. The fourth-order valence-electron chi connectivity index (χ4n) is 3.30. The van der Waals surface area contributed by atoms with Gasteiger partial charge in [0.1, 0.15) is 23.7 Å². The van der Waals surface area contributed by atoms with E-state index in [1.807, 2.05) is 6.92 Å². The van der Waals surface area contributed by atoms with Crippen molar-refractivity contribution in [2.75, 3.05) is 0 Å². The molecule has 1 unspecified atom stereocenters. The van der Waals surface area contributed by atoms with Crippen molar-refractivity contribution in [3.8, 4) is 11.5 Å². The molecule has 144 valence electrons. The van der Waals surface area contributed by atoms with Gasteiger partial charge in [-0.25, -0.2) is 9.59 Å². The molecule has 28 heavy (non-hydrogen) atoms. The topological polar surface area (TPSA) is 86.0 Å². The molecule has 0 aliphatic carbocycles. The predicted octanol–water partition coefficient (Wildman–Crippen LogP) is 3.76. The average molecular weight is 401 g/mol. The number of aromatic hydroxyl groups is 1. The molecule has 0 saturated heterocycles. The summed E-state index contributed by atoms with van der Waals surface area (Å²) in [6, 6.07) is 9.61. The third kappa shape index (κ3) is 3.43. The predicted molar refractivity (Wildman–Crippen MR) is 103 cm³/mol. The highest BCUT2D eigenvalue weighted by molar-refractivity contribution is 6.30. The van der Waals surface area contributed by atoms with Crippen LogP contribution in [-0.2, 0) is 29.0 Å². The number of rotatable bonds is 4. The molecule has 0 amide bonds. The average Bonchev–Trinajstić information content (AvgIpc) is 3.08. The van der Waals surface area contributed by atoms with Gasteiger partial charge in [0.2, 0.25) is 0 Å². The largest absolute Gasteiger partial charge is 0.508 e. The number of aryl methyl sites for hydroxylation is 1. The lowest BCUT2D eigenvalue weighted by Gasteiger charge is -2.12. The van der Waals surface area contributed by atoms with Crippen molar-refractivity contribution in [3.63, 3.8) is 0 Å². The van der Waals surface area contributed by atoms with E-state index in [2.05, 4.69) is 0 Å². The zero-order valence-corrected chi connectivity index (χ0v) is 15.8. The minimum atomic E-state index is -0.755. The second kappa shape index (κ2) is 7.20. The van der Waals surface area contributed by atoms with E-state index in [0.29, 0.717) is 40.1 Å². The lowest BCUT2D eigenvalue weighted by Crippen LogP contribution is -2.27. The maximum absolute atomic E-state index is 12.4. The smallest absolute Gasteiger partial charge is 0.348 e. The van der Waals surface area contributed by atoms with Crippen LogP contribution in [0.2, 0.25) is 5.02 Å². The number of halogens is 1. The number of hydrogen-bond acceptors (Lipinski definition) is 6. The summed E-state index contributed by atoms with van der Waals surface area (Å²) in [7, 11) is 0. The van der Waals surface area contributed by atoms with Gasteiger partial charge in [-0.15, -0.1) is 0 Å². The van der Waals surface area contributed by atoms with Crippen molar-refractivity contribution in [1.29, 1.82) is 0 Å². The summed E-state index contributed by atoms with van der Waals surface area (Å²) in [6.07, 6.45) is 0.229. The monoisotopic (exact) mass is 400 g/mol. The molecule has 2 heterocycles. The lowest BCUT2D eigenvalue weighted by atomic mass is 10.0. The van der Waals surface area contributed by atoms with Crippen LogP contribution >= 0.6 is 11.6 Å². The van der Waals surface area contributed by atoms with Gasteiger partial charge < -0.3 is 19.0 Å². The SMILES string of the molecule is CCc1cc2c(COC(=O)C3Cc4cc(Cl)ccc4O3)cc(=O)oc2cc1O. The molecule has 0 fully saturated rings. The highest BCUT2D eigenvalue weighted by Crippen LogP contribution is 2.32. The number of ether oxygens (including phenoxy) is 2. The summed E-state index contributed by atoms with van der Waals surface area (Å²) in [6.45, 7) is 1.80. The summed E-state index contributed by atoms with van der Waals surface area (Å²) in [5, 5.41) is 11.2. The molecule has 0 bridgehead atoms. The van der Waals surface area contributed by atoms with E-state index in [4.69, 9.17) is 25.5 Å². The minimum Gasteiger partial charge on any atom is -0.508 e. The molecule has 6 nitrogen and oxygen atoms in total. The second-order valence-corrected chi connectivity index (χ2v) is 7.03. The van der Waals surface area contributed by atoms with Crippen LogP contribution in [0.5, 0.6) is 11.5 Å². The zero-order chi connectivity index (χ0) is 19.8. The molecule has 1 aromatic heterocycles. The number of hydrogen-bond donors (Lipinski definition) is 1. The van der Waals surface area contributed by atoms with Gasteiger partial charge in [0.25, 0.3) is 0 Å². The Hall–Kier alpha value is -2.99. The molecule has 1 aliphatic rings. The van der Waals surface area contributed by atoms with Gasteiger partial charge in [-0.3, -0.25) is 0 Å². The van der Waals surface area contributed by atoms with Crippen LogP contribution in [0.1, 0.15) is 23.6 Å². The molecule has 3 aromatic rings. The van der Waals surface area contributed by atoms with Crippen molar-refractivity contribution >= 4 is 28.5 Å². The molecule has 0 spiro atoms. The van der Waals surface area contributed by atoms with Crippen LogP contribution < -0.4 is 10.4 Å². The Morgan fingerprint density at radius 3 is 2.86 bits per heavy atom. The van der Waals surface area contributed by atoms with Crippen LogP contribution in [-0.4, -0.2) is 17.2 Å². The summed E-state index contributed by atoms with van der Waals surface area (Å²) < 4.78 is 16.2. The quantitative estimate of drug-likeness (QED) is 0.530. The number of phenolic OH excluding ortho intramolecular Hbond substituents is 1. The molecular weight excluding hydrogens is 384 g/mol. The summed E-state index contributed by atoms with van der Waals surface area (Å²) in [4.78, 5) is 24.3. The van der Waals surface area contributed by atoms with Gasteiger partial charge in [0, 0.05) is 34.5 Å². The fourth-order valence-corrected chi connectivity index (χ4v) is 3.49. The van der Waals surface area contributed by atoms with E-state index < -0.39 is 17.7 Å². The van der Waals surface area contributed by atoms with Crippen LogP contribution in [0.25, 0.3) is 11.0 Å². The number of carbonyl (C=O) groups is 1. The van der Waals surface area contributed by atoms with E-state index in [0.717, 1.165) is 5.56 Å². The Morgan fingerprint density at radius 2 is 2.07 bits per heavy atom. The number of esters is 1. The van der Waals surface area contributed by atoms with Gasteiger partial charge >= 0.3 is 11.6 Å². The molecular formula is C21H17ClO6. The molecule has 0 saturated carbocycles. The van der Waals surface area contributed by atoms with Crippen LogP contribution in [0.3, 0.4) is 0 Å². The normalized spacial score (nSPS) is 15.3. The maximum Gasteiger partial charge on any atom is 0.348 e. The van der Waals surface area contributed by atoms with E-state index in [9.17, 15) is 14.7 Å². The van der Waals surface area contributed by atoms with Gasteiger partial charge in [0.05, 0.1) is 0 Å². The van der Waals surface area contributed by atoms with Crippen molar-refractivity contribution in [3.05, 3.63) is 68.5 Å². The van der Waals surface area contributed by atoms with Gasteiger partial charge in [-0.1, -0.05) is 18.5 Å². The highest BCUT2D eigenvalue weighted by atomic mass is 35.5. The first-order valence-corrected chi connectivity index (χ1v) is 9.22. The summed E-state index contributed by atoms with van der Waals surface area (Å²) >= 11 is 5.97. The van der Waals surface area contributed by atoms with Crippen LogP contribution in [0.4, 0.5) is 0 Å². The number of benzene rings is 2. The van der Waals surface area contributed by atoms with Crippen molar-refractivity contribution in [1.82, 2.24) is 0 Å². The van der Waals surface area contributed by atoms with E-state index >= 15 is 0 Å². The first-order chi connectivity index (χ1) is 13.4. The molecule has 1 aliphatic heterocycles. The Bertz CT molecular complexity index is 1130. The standard InChI is InChI=1S/C21H17ClO6/c1-2-11-6-15-13(8-20(24)28-18(15)9-16(11)23)10-26-21(25)19-7-12-5-14(22)3-4-17(12)27-19/h3-6,8-9,19,23H,2,7,10H2,1H3. The maximum atomic E-state index is 12.4. The van der Waals surface area contributed by atoms with Crippen molar-refractivity contribution in [2.45, 2.75) is 32.5 Å². The number of phenols is 1. The van der Waals surface area contributed by atoms with Crippen LogP contribution in [0.15, 0.2) is 45.6 Å². The molecule has 1 atom stereocenters. The van der Waals surface area contributed by atoms with Gasteiger partial charge in [-0.2, -0.15) is 0 Å². The van der Waals surface area contributed by atoms with E-state index in [1.54, 1.807) is 24.3 Å². The van der Waals surface area contributed by atoms with E-state index in [1.165, 1.54) is 12.1 Å². The Morgan fingerprint density at radius 1 is 1.25 bits per heavy atom. The van der Waals surface area contributed by atoms with Crippen molar-refractivity contribution in [2.24, 2.45) is 0 Å². The molecule has 0 radical (unpaired) electrons. The van der Waals surface area contributed by atoms with E-state index in [-0.39, 0.29) is 17.9 Å². The van der Waals surface area contributed by atoms with Gasteiger partial charge in [0.15, 0.2) is 6.10 Å². The van der Waals surface area contributed by atoms with Gasteiger partial charge in [-0.05, 0) is 41.8 Å². The fraction of sp³-hybridized carbons (Fsp3) is 0.238. The zero-order valence-electron chi connectivity index (χ0n) is 15.0. The Kier molecular flexibility index (Phi) is 4.73. The second-order valence-electron chi connectivity index (χ2n) is 6.59. The first kappa shape index (κ1) is 18.4. The van der Waals surface area contributed by atoms with Crippen molar-refractivity contribution < 1.29 is 23.8 Å². The lowest BCUT2D eigenvalue weighted by molar-refractivity contribution is -0.152. The third-order valence-electron chi connectivity index (χ3n) is 4.74. The Balaban J connectivity index is 1.54. The third-order valence-corrected chi connectivity index (χ3v) is 4.98. The number of carbonyl (C=O) groups excluding carboxylic acids is 1. The first-order valence-electron chi connectivity index (χ1n) is 8.85. The molecule has 4 rings (SSSR count). The molecule has 1 N–H and O–H groups in total. The highest BCUT2D eigenvalue weighted by Gasteiger charge is 2.30.